The molecule has 0 N–H and O–H groups in total. The fraction of sp³-hybridized carbons (Fsp3) is 0.500. The summed E-state index contributed by atoms with van der Waals surface area (Å²) in [6.45, 7) is 6.52. The van der Waals surface area contributed by atoms with E-state index in [9.17, 15) is 9.18 Å². The molecule has 0 aliphatic carbocycles. The lowest BCUT2D eigenvalue weighted by Crippen LogP contribution is -2.41. The minimum Gasteiger partial charge on any atom is -0.379 e. The molecule has 0 bridgehead atoms. The van der Waals surface area contributed by atoms with Crippen LogP contribution in [-0.2, 0) is 10.5 Å². The molecule has 2 saturated heterocycles. The number of thioether (sulfide) groups is 1. The molecule has 2 aliphatic heterocycles. The van der Waals surface area contributed by atoms with E-state index < -0.39 is 0 Å². The summed E-state index contributed by atoms with van der Waals surface area (Å²) in [6.07, 6.45) is 5.05. The number of rotatable bonds is 7. The van der Waals surface area contributed by atoms with Gasteiger partial charge in [0.25, 0.3) is 5.91 Å². The maximum absolute atomic E-state index is 13.2. The highest BCUT2D eigenvalue weighted by Gasteiger charge is 2.26. The number of hydrogen-bond acceptors (Lipinski definition) is 5. The Morgan fingerprint density at radius 3 is 2.58 bits per heavy atom. The Balaban J connectivity index is 1.29. The van der Waals surface area contributed by atoms with Crippen LogP contribution in [0.2, 0.25) is 0 Å². The number of carbonyl (C=O) groups is 1. The van der Waals surface area contributed by atoms with Gasteiger partial charge in [-0.15, -0.1) is 11.8 Å². The number of carbonyl (C=O) groups excluding carboxylic acids is 1. The molecular formula is C24H30FN3O2S. The fourth-order valence-electron chi connectivity index (χ4n) is 4.19. The lowest BCUT2D eigenvalue weighted by molar-refractivity contribution is 0.0332. The van der Waals surface area contributed by atoms with Crippen molar-refractivity contribution in [1.29, 1.82) is 0 Å². The molecule has 2 fully saturated rings. The topological polar surface area (TPSA) is 45.7 Å². The lowest BCUT2D eigenvalue weighted by atomic mass is 9.93. The van der Waals surface area contributed by atoms with Crippen LogP contribution in [0.15, 0.2) is 47.6 Å². The quantitative estimate of drug-likeness (QED) is 0.603. The van der Waals surface area contributed by atoms with Crippen molar-refractivity contribution in [2.75, 3.05) is 45.9 Å². The number of amides is 1. The van der Waals surface area contributed by atoms with Crippen molar-refractivity contribution in [2.24, 2.45) is 5.92 Å². The van der Waals surface area contributed by atoms with Crippen molar-refractivity contribution in [1.82, 2.24) is 14.8 Å². The number of likely N-dealkylation sites (tertiary alicyclic amines) is 1. The number of halogens is 1. The zero-order valence-electron chi connectivity index (χ0n) is 17.8. The minimum absolute atomic E-state index is 0.0707. The van der Waals surface area contributed by atoms with E-state index in [1.807, 2.05) is 17.0 Å². The highest BCUT2D eigenvalue weighted by atomic mass is 32.2. The lowest BCUT2D eigenvalue weighted by Gasteiger charge is -2.34. The molecule has 0 unspecified atom stereocenters. The third kappa shape index (κ3) is 6.28. The first-order chi connectivity index (χ1) is 15.2. The van der Waals surface area contributed by atoms with Crippen LogP contribution in [0.4, 0.5) is 4.39 Å². The maximum Gasteiger partial charge on any atom is 0.256 e. The van der Waals surface area contributed by atoms with Crippen LogP contribution in [0.3, 0.4) is 0 Å². The molecular weight excluding hydrogens is 413 g/mol. The van der Waals surface area contributed by atoms with Crippen molar-refractivity contribution in [3.63, 3.8) is 0 Å². The Morgan fingerprint density at radius 2 is 1.84 bits per heavy atom. The molecule has 166 valence electrons. The molecule has 0 radical (unpaired) electrons. The first kappa shape index (κ1) is 22.2. The molecule has 1 aromatic heterocycles. The molecule has 7 heteroatoms. The Kier molecular flexibility index (Phi) is 7.94. The van der Waals surface area contributed by atoms with Crippen LogP contribution in [0.5, 0.6) is 0 Å². The monoisotopic (exact) mass is 443 g/mol. The number of ether oxygens (including phenoxy) is 1. The summed E-state index contributed by atoms with van der Waals surface area (Å²) in [5.74, 6) is 1.17. The normalized spacial score (nSPS) is 18.3. The Labute approximate surface area is 188 Å². The molecule has 0 atom stereocenters. The van der Waals surface area contributed by atoms with Gasteiger partial charge >= 0.3 is 0 Å². The van der Waals surface area contributed by atoms with Gasteiger partial charge in [0.1, 0.15) is 10.8 Å². The minimum atomic E-state index is -0.240. The SMILES string of the molecule is O=C(c1cccnc1SCc1ccc(F)cc1)N1CCC(CCN2CCOCC2)CC1. The summed E-state index contributed by atoms with van der Waals surface area (Å²) in [5.41, 5.74) is 1.68. The fourth-order valence-corrected chi connectivity index (χ4v) is 5.13. The molecule has 0 saturated carbocycles. The third-order valence-corrected chi connectivity index (χ3v) is 7.23. The smallest absolute Gasteiger partial charge is 0.256 e. The summed E-state index contributed by atoms with van der Waals surface area (Å²) >= 11 is 1.53. The van der Waals surface area contributed by atoms with Crippen molar-refractivity contribution in [3.8, 4) is 0 Å². The number of pyridine rings is 1. The highest BCUT2D eigenvalue weighted by Crippen LogP contribution is 2.27. The zero-order valence-corrected chi connectivity index (χ0v) is 18.7. The van der Waals surface area contributed by atoms with E-state index in [1.54, 1.807) is 18.3 Å². The zero-order chi connectivity index (χ0) is 21.5. The van der Waals surface area contributed by atoms with Crippen molar-refractivity contribution in [3.05, 3.63) is 59.5 Å². The van der Waals surface area contributed by atoms with E-state index in [1.165, 1.54) is 30.3 Å². The van der Waals surface area contributed by atoms with Gasteiger partial charge in [-0.3, -0.25) is 9.69 Å². The van der Waals surface area contributed by atoms with Crippen molar-refractivity contribution in [2.45, 2.75) is 30.0 Å². The maximum atomic E-state index is 13.2. The Morgan fingerprint density at radius 1 is 1.10 bits per heavy atom. The van der Waals surface area contributed by atoms with E-state index in [0.29, 0.717) is 17.2 Å². The second-order valence-corrected chi connectivity index (χ2v) is 9.21. The van der Waals surface area contributed by atoms with E-state index >= 15 is 0 Å². The average molecular weight is 444 g/mol. The van der Waals surface area contributed by atoms with Gasteiger partial charge in [0.2, 0.25) is 0 Å². The van der Waals surface area contributed by atoms with Crippen LogP contribution >= 0.6 is 11.8 Å². The Hall–Kier alpha value is -1.96. The summed E-state index contributed by atoms with van der Waals surface area (Å²) in [5, 5.41) is 0.742. The van der Waals surface area contributed by atoms with Gasteiger partial charge in [0.05, 0.1) is 18.8 Å². The van der Waals surface area contributed by atoms with Gasteiger partial charge in [0, 0.05) is 38.1 Å². The van der Waals surface area contributed by atoms with Crippen molar-refractivity contribution >= 4 is 17.7 Å². The van der Waals surface area contributed by atoms with Gasteiger partial charge in [-0.2, -0.15) is 0 Å². The molecule has 1 amide bonds. The van der Waals surface area contributed by atoms with Crippen LogP contribution < -0.4 is 0 Å². The highest BCUT2D eigenvalue weighted by molar-refractivity contribution is 7.98. The number of morpholine rings is 1. The van der Waals surface area contributed by atoms with E-state index in [0.717, 1.165) is 69.4 Å². The molecule has 0 spiro atoms. The van der Waals surface area contributed by atoms with Gasteiger partial charge < -0.3 is 9.64 Å². The van der Waals surface area contributed by atoms with E-state index in [-0.39, 0.29) is 11.7 Å². The summed E-state index contributed by atoms with van der Waals surface area (Å²) in [4.78, 5) is 22.1. The predicted molar refractivity (Wildman–Crippen MR) is 121 cm³/mol. The van der Waals surface area contributed by atoms with E-state index in [2.05, 4.69) is 9.88 Å². The number of piperidine rings is 1. The largest absolute Gasteiger partial charge is 0.379 e. The average Bonchev–Trinajstić information content (AvgIpc) is 2.83. The van der Waals surface area contributed by atoms with Crippen LogP contribution in [-0.4, -0.2) is 66.6 Å². The molecule has 2 aliphatic rings. The second-order valence-electron chi connectivity index (χ2n) is 8.25. The molecule has 3 heterocycles. The van der Waals surface area contributed by atoms with Gasteiger partial charge in [0.15, 0.2) is 0 Å². The number of nitrogens with zero attached hydrogens (tertiary/aromatic N) is 3. The number of hydrogen-bond donors (Lipinski definition) is 0. The molecule has 5 nitrogen and oxygen atoms in total. The molecule has 31 heavy (non-hydrogen) atoms. The van der Waals surface area contributed by atoms with Gasteiger partial charge in [-0.1, -0.05) is 12.1 Å². The summed E-state index contributed by atoms with van der Waals surface area (Å²) < 4.78 is 18.5. The number of aromatic nitrogens is 1. The third-order valence-electron chi connectivity index (χ3n) is 6.15. The summed E-state index contributed by atoms with van der Waals surface area (Å²) in [6, 6.07) is 10.2. The van der Waals surface area contributed by atoms with Crippen LogP contribution in [0.25, 0.3) is 0 Å². The summed E-state index contributed by atoms with van der Waals surface area (Å²) in [7, 11) is 0. The Bertz CT molecular complexity index is 850. The second kappa shape index (κ2) is 11.1. The van der Waals surface area contributed by atoms with Gasteiger partial charge in [-0.25, -0.2) is 9.37 Å². The molecule has 4 rings (SSSR count). The van der Waals surface area contributed by atoms with Crippen LogP contribution in [0, 0.1) is 11.7 Å². The van der Waals surface area contributed by atoms with E-state index in [4.69, 9.17) is 4.74 Å². The molecule has 1 aromatic carbocycles. The van der Waals surface area contributed by atoms with Crippen LogP contribution in [0.1, 0.15) is 35.2 Å². The predicted octanol–water partition coefficient (Wildman–Crippen LogP) is 4.09. The first-order valence-electron chi connectivity index (χ1n) is 11.1. The molecule has 2 aromatic rings. The first-order valence-corrected chi connectivity index (χ1v) is 12.1. The number of benzene rings is 1. The van der Waals surface area contributed by atoms with Gasteiger partial charge in [-0.05, 0) is 61.6 Å². The van der Waals surface area contributed by atoms with Crippen molar-refractivity contribution < 1.29 is 13.9 Å². The standard InChI is InChI=1S/C24H30FN3O2S/c25-21-5-3-20(4-6-21)18-31-23-22(2-1-10-26-23)24(29)28-12-8-19(9-13-28)7-11-27-14-16-30-17-15-27/h1-6,10,19H,7-9,11-18H2.